The predicted octanol–water partition coefficient (Wildman–Crippen LogP) is 1.60. The quantitative estimate of drug-likeness (QED) is 0.751. The Morgan fingerprint density at radius 1 is 1.43 bits per heavy atom. The third kappa shape index (κ3) is 3.14. The fraction of sp³-hybridized carbons (Fsp3) is 0.333. The van der Waals surface area contributed by atoms with Gasteiger partial charge in [-0.05, 0) is 22.3 Å². The van der Waals surface area contributed by atoms with E-state index in [9.17, 15) is 8.96 Å². The molecule has 0 spiro atoms. The maximum Gasteiger partial charge on any atom is 0.506 e. The van der Waals surface area contributed by atoms with Gasteiger partial charge in [-0.15, -0.1) is 0 Å². The van der Waals surface area contributed by atoms with Crippen LogP contribution in [0.1, 0.15) is 11.5 Å². The second-order valence-corrected chi connectivity index (χ2v) is 4.09. The highest BCUT2D eigenvalue weighted by Gasteiger charge is 2.21. The lowest BCUT2D eigenvalue weighted by Gasteiger charge is -2.08. The van der Waals surface area contributed by atoms with E-state index >= 15 is 0 Å². The van der Waals surface area contributed by atoms with Gasteiger partial charge in [0.15, 0.2) is 6.16 Å². The minimum Gasteiger partial charge on any atom is -0.330 e. The lowest BCUT2D eigenvalue weighted by Crippen LogP contribution is -2.14. The van der Waals surface area contributed by atoms with Crippen LogP contribution in [-0.4, -0.2) is 17.6 Å². The molecule has 76 valence electrons. The van der Waals surface area contributed by atoms with Crippen LogP contribution in [0.25, 0.3) is 0 Å². The van der Waals surface area contributed by atoms with Gasteiger partial charge in [0.05, 0.1) is 0 Å². The molecule has 0 bridgehead atoms. The highest BCUT2D eigenvalue weighted by atomic mass is 31.1. The minimum absolute atomic E-state index is 0.122. The van der Waals surface area contributed by atoms with E-state index in [0.717, 1.165) is 5.56 Å². The van der Waals surface area contributed by atoms with Crippen LogP contribution in [-0.2, 0) is 4.57 Å². The van der Waals surface area contributed by atoms with Crippen molar-refractivity contribution in [2.75, 3.05) is 12.7 Å². The van der Waals surface area contributed by atoms with Crippen LogP contribution in [0.3, 0.4) is 0 Å². The zero-order chi connectivity index (χ0) is 10.6. The maximum absolute atomic E-state index is 12.6. The molecule has 0 amide bonds. The highest BCUT2D eigenvalue weighted by Crippen LogP contribution is 2.25. The lowest BCUT2D eigenvalue weighted by atomic mass is 10.0. The molecular formula is C9H12FNO2P+. The number of hydrogen-bond acceptors (Lipinski definition) is 2. The second kappa shape index (κ2) is 5.15. The Morgan fingerprint density at radius 2 is 2.00 bits per heavy atom. The number of hydrogen-bond donors (Lipinski definition) is 2. The Balaban J connectivity index is 2.78. The first kappa shape index (κ1) is 11.2. The smallest absolute Gasteiger partial charge is 0.330 e. The fourth-order valence-corrected chi connectivity index (χ4v) is 1.98. The monoisotopic (exact) mass is 216 g/mol. The molecule has 1 aromatic carbocycles. The zero-order valence-electron chi connectivity index (χ0n) is 7.56. The maximum atomic E-state index is 12.6. The molecule has 5 heteroatoms. The van der Waals surface area contributed by atoms with Gasteiger partial charge in [0, 0.05) is 12.5 Å². The molecule has 0 fully saturated rings. The normalized spacial score (nSPS) is 13.8. The first-order valence-corrected chi connectivity index (χ1v) is 5.62. The van der Waals surface area contributed by atoms with Crippen LogP contribution in [0.4, 0.5) is 4.39 Å². The van der Waals surface area contributed by atoms with Crippen LogP contribution in [0.2, 0.25) is 0 Å². The number of benzene rings is 1. The molecule has 3 N–H and O–H groups in total. The third-order valence-electron chi connectivity index (χ3n) is 2.00. The van der Waals surface area contributed by atoms with Crippen molar-refractivity contribution >= 4 is 8.03 Å². The van der Waals surface area contributed by atoms with Crippen LogP contribution < -0.4 is 5.73 Å². The molecule has 0 aliphatic heterocycles. The van der Waals surface area contributed by atoms with Gasteiger partial charge in [-0.2, -0.15) is 4.89 Å². The summed E-state index contributed by atoms with van der Waals surface area (Å²) >= 11 is 0. The van der Waals surface area contributed by atoms with E-state index in [1.54, 1.807) is 12.1 Å². The van der Waals surface area contributed by atoms with Gasteiger partial charge in [-0.1, -0.05) is 12.1 Å². The topological polar surface area (TPSA) is 63.3 Å². The summed E-state index contributed by atoms with van der Waals surface area (Å²) in [6.45, 7) is 0.285. The van der Waals surface area contributed by atoms with Crippen molar-refractivity contribution in [1.82, 2.24) is 0 Å². The summed E-state index contributed by atoms with van der Waals surface area (Å²) < 4.78 is 23.2. The van der Waals surface area contributed by atoms with E-state index in [0.29, 0.717) is 0 Å². The summed E-state index contributed by atoms with van der Waals surface area (Å²) in [7, 11) is -2.20. The summed E-state index contributed by atoms with van der Waals surface area (Å²) in [6, 6.07) is 5.82. The molecule has 14 heavy (non-hydrogen) atoms. The molecule has 0 saturated heterocycles. The van der Waals surface area contributed by atoms with Gasteiger partial charge in [0.1, 0.15) is 5.82 Å². The van der Waals surface area contributed by atoms with Crippen molar-refractivity contribution in [3.63, 3.8) is 0 Å². The van der Waals surface area contributed by atoms with Crippen molar-refractivity contribution < 1.29 is 13.8 Å². The van der Waals surface area contributed by atoms with Crippen molar-refractivity contribution in [3.8, 4) is 0 Å². The molecule has 0 aliphatic carbocycles. The van der Waals surface area contributed by atoms with E-state index in [4.69, 9.17) is 10.6 Å². The fourth-order valence-electron chi connectivity index (χ4n) is 1.24. The van der Waals surface area contributed by atoms with E-state index in [1.165, 1.54) is 12.1 Å². The number of rotatable bonds is 4. The van der Waals surface area contributed by atoms with Gasteiger partial charge in [-0.25, -0.2) is 4.39 Å². The van der Waals surface area contributed by atoms with Gasteiger partial charge >= 0.3 is 8.03 Å². The second-order valence-electron chi connectivity index (χ2n) is 3.02. The Bertz CT molecular complexity index is 315. The zero-order valence-corrected chi connectivity index (χ0v) is 8.45. The summed E-state index contributed by atoms with van der Waals surface area (Å²) in [5.74, 6) is -0.498. The molecule has 3 nitrogen and oxygen atoms in total. The molecule has 2 unspecified atom stereocenters. The van der Waals surface area contributed by atoms with Gasteiger partial charge in [0.2, 0.25) is 0 Å². The first-order valence-electron chi connectivity index (χ1n) is 4.22. The number of halogens is 1. The Kier molecular flexibility index (Phi) is 4.14. The molecule has 1 rings (SSSR count). The summed E-state index contributed by atoms with van der Waals surface area (Å²) in [5, 5.41) is 0. The van der Waals surface area contributed by atoms with E-state index in [1.807, 2.05) is 0 Å². The molecule has 2 atom stereocenters. The summed E-state index contributed by atoms with van der Waals surface area (Å²) in [4.78, 5) is 8.75. The van der Waals surface area contributed by atoms with Crippen molar-refractivity contribution in [1.29, 1.82) is 0 Å². The minimum atomic E-state index is -2.20. The van der Waals surface area contributed by atoms with E-state index in [2.05, 4.69) is 0 Å². The summed E-state index contributed by atoms with van der Waals surface area (Å²) in [5.41, 5.74) is 6.26. The van der Waals surface area contributed by atoms with Crippen molar-refractivity contribution in [3.05, 3.63) is 35.6 Å². The largest absolute Gasteiger partial charge is 0.506 e. The molecule has 0 aromatic heterocycles. The molecule has 0 radical (unpaired) electrons. The van der Waals surface area contributed by atoms with Crippen LogP contribution in [0, 0.1) is 5.82 Å². The van der Waals surface area contributed by atoms with Crippen LogP contribution >= 0.6 is 8.03 Å². The highest BCUT2D eigenvalue weighted by molar-refractivity contribution is 7.38. The molecule has 1 aromatic rings. The standard InChI is InChI=1S/C9H11FNO2P/c10-9-3-1-7(2-4-9)8(5-11)6-14(12)13/h1-4,8H,5-6,11H2/p+1. The Morgan fingerprint density at radius 3 is 2.43 bits per heavy atom. The predicted molar refractivity (Wildman–Crippen MR) is 52.9 cm³/mol. The lowest BCUT2D eigenvalue weighted by molar-refractivity contribution is 0.497. The van der Waals surface area contributed by atoms with E-state index < -0.39 is 8.03 Å². The molecule has 0 heterocycles. The van der Waals surface area contributed by atoms with Gasteiger partial charge in [-0.3, -0.25) is 0 Å². The van der Waals surface area contributed by atoms with Crippen molar-refractivity contribution in [2.24, 2.45) is 5.73 Å². The molecule has 0 aliphatic rings. The van der Waals surface area contributed by atoms with E-state index in [-0.39, 0.29) is 24.4 Å². The molecule has 0 saturated carbocycles. The van der Waals surface area contributed by atoms with Crippen LogP contribution in [0.5, 0.6) is 0 Å². The van der Waals surface area contributed by atoms with Crippen LogP contribution in [0.15, 0.2) is 24.3 Å². The summed E-state index contributed by atoms with van der Waals surface area (Å²) in [6.07, 6.45) is 0.122. The molecular weight excluding hydrogens is 204 g/mol. The van der Waals surface area contributed by atoms with Crippen molar-refractivity contribution in [2.45, 2.75) is 5.92 Å². The number of nitrogens with two attached hydrogens (primary N) is 1. The average Bonchev–Trinajstić information content (AvgIpc) is 2.15. The Hall–Kier alpha value is -0.830. The van der Waals surface area contributed by atoms with Gasteiger partial charge < -0.3 is 5.73 Å². The first-order chi connectivity index (χ1) is 6.63. The average molecular weight is 216 g/mol. The third-order valence-corrected chi connectivity index (χ3v) is 2.76. The van der Waals surface area contributed by atoms with Gasteiger partial charge in [0.25, 0.3) is 0 Å². The Labute approximate surface area is 82.6 Å². The SMILES string of the molecule is NCC(C[P+](=O)O)c1ccc(F)cc1.